The van der Waals surface area contributed by atoms with Gasteiger partial charge in [0.15, 0.2) is 0 Å². The van der Waals surface area contributed by atoms with Gasteiger partial charge < -0.3 is 10.6 Å². The average Bonchev–Trinajstić information content (AvgIpc) is 2.83. The van der Waals surface area contributed by atoms with E-state index in [0.29, 0.717) is 16.3 Å². The van der Waals surface area contributed by atoms with Gasteiger partial charge in [0.05, 0.1) is 0 Å². The summed E-state index contributed by atoms with van der Waals surface area (Å²) in [6.45, 7) is 5.17. The molecule has 0 aromatic heterocycles. The Labute approximate surface area is 162 Å². The van der Waals surface area contributed by atoms with Crippen LogP contribution in [-0.4, -0.2) is 29.3 Å². The summed E-state index contributed by atoms with van der Waals surface area (Å²) in [4.78, 5) is 38.4. The molecule has 140 valence electrons. The Hall–Kier alpha value is -2.86. The van der Waals surface area contributed by atoms with Crippen LogP contribution in [0.25, 0.3) is 0 Å². The van der Waals surface area contributed by atoms with Crippen molar-refractivity contribution < 1.29 is 14.4 Å². The molecular formula is C20H20ClN3O3. The highest BCUT2D eigenvalue weighted by Gasteiger charge is 2.49. The number of nitrogens with one attached hydrogen (secondary N) is 2. The van der Waals surface area contributed by atoms with E-state index >= 15 is 0 Å². The zero-order valence-electron chi connectivity index (χ0n) is 15.3. The van der Waals surface area contributed by atoms with Gasteiger partial charge in [-0.15, -0.1) is 0 Å². The van der Waals surface area contributed by atoms with Crippen molar-refractivity contribution in [3.63, 3.8) is 0 Å². The van der Waals surface area contributed by atoms with Crippen LogP contribution < -0.4 is 10.6 Å². The molecule has 1 atom stereocenters. The smallest absolute Gasteiger partial charge is 0.325 e. The molecule has 2 aromatic rings. The van der Waals surface area contributed by atoms with Gasteiger partial charge in [-0.25, -0.2) is 4.79 Å². The molecule has 1 saturated heterocycles. The summed E-state index contributed by atoms with van der Waals surface area (Å²) in [5.41, 5.74) is 2.14. The maximum absolute atomic E-state index is 12.8. The van der Waals surface area contributed by atoms with Gasteiger partial charge in [0.2, 0.25) is 5.91 Å². The number of hydrogen-bond acceptors (Lipinski definition) is 3. The van der Waals surface area contributed by atoms with Gasteiger partial charge in [0, 0.05) is 10.7 Å². The molecule has 1 heterocycles. The van der Waals surface area contributed by atoms with E-state index < -0.39 is 23.4 Å². The van der Waals surface area contributed by atoms with E-state index in [2.05, 4.69) is 10.6 Å². The van der Waals surface area contributed by atoms with Crippen LogP contribution in [0.5, 0.6) is 0 Å². The molecule has 27 heavy (non-hydrogen) atoms. The van der Waals surface area contributed by atoms with Crippen molar-refractivity contribution in [1.29, 1.82) is 0 Å². The number of hydrogen-bond donors (Lipinski definition) is 2. The van der Waals surface area contributed by atoms with Crippen molar-refractivity contribution in [2.75, 3.05) is 11.9 Å². The van der Waals surface area contributed by atoms with E-state index in [1.165, 1.54) is 0 Å². The number of amides is 4. The highest BCUT2D eigenvalue weighted by molar-refractivity contribution is 6.30. The fraction of sp³-hybridized carbons (Fsp3) is 0.250. The number of carbonyl (C=O) groups excluding carboxylic acids is 3. The predicted octanol–water partition coefficient (Wildman–Crippen LogP) is 3.36. The summed E-state index contributed by atoms with van der Waals surface area (Å²) in [5, 5.41) is 5.92. The lowest BCUT2D eigenvalue weighted by molar-refractivity contribution is -0.133. The lowest BCUT2D eigenvalue weighted by Crippen LogP contribution is -2.42. The summed E-state index contributed by atoms with van der Waals surface area (Å²) in [6.07, 6.45) is 0. The van der Waals surface area contributed by atoms with Crippen molar-refractivity contribution in [2.45, 2.75) is 26.3 Å². The molecule has 2 aromatic carbocycles. The molecule has 7 heteroatoms. The largest absolute Gasteiger partial charge is 0.325 e. The quantitative estimate of drug-likeness (QED) is 0.792. The van der Waals surface area contributed by atoms with Crippen LogP contribution in [0.3, 0.4) is 0 Å². The van der Waals surface area contributed by atoms with Crippen LogP contribution in [0.2, 0.25) is 5.02 Å². The molecule has 3 rings (SSSR count). The highest BCUT2D eigenvalue weighted by Crippen LogP contribution is 2.29. The number of aryl methyl sites for hydroxylation is 2. The number of urea groups is 1. The standard InChI is InChI=1S/C20H20ClN3O3/c1-12-4-9-16(10-13(12)2)22-17(25)11-24-18(26)20(3,23-19(24)27)14-5-7-15(21)8-6-14/h4-10H,11H2,1-3H3,(H,22,25)(H,23,27)/t20-/m1/s1. The third kappa shape index (κ3) is 3.66. The lowest BCUT2D eigenvalue weighted by Gasteiger charge is -2.22. The Kier molecular flexibility index (Phi) is 4.93. The summed E-state index contributed by atoms with van der Waals surface area (Å²) in [7, 11) is 0. The molecule has 0 saturated carbocycles. The normalized spacial score (nSPS) is 19.2. The van der Waals surface area contributed by atoms with E-state index in [9.17, 15) is 14.4 Å². The van der Waals surface area contributed by atoms with Gasteiger partial charge in [-0.3, -0.25) is 14.5 Å². The highest BCUT2D eigenvalue weighted by atomic mass is 35.5. The van der Waals surface area contributed by atoms with Crippen LogP contribution in [-0.2, 0) is 15.1 Å². The van der Waals surface area contributed by atoms with E-state index in [1.807, 2.05) is 26.0 Å². The third-order valence-electron chi connectivity index (χ3n) is 4.79. The number of anilines is 1. The van der Waals surface area contributed by atoms with E-state index in [0.717, 1.165) is 16.0 Å². The average molecular weight is 386 g/mol. The molecule has 1 aliphatic rings. The number of nitrogens with zero attached hydrogens (tertiary/aromatic N) is 1. The molecule has 1 fully saturated rings. The Morgan fingerprint density at radius 3 is 2.41 bits per heavy atom. The molecular weight excluding hydrogens is 366 g/mol. The summed E-state index contributed by atoms with van der Waals surface area (Å²) < 4.78 is 0. The zero-order chi connectivity index (χ0) is 19.8. The van der Waals surface area contributed by atoms with Gasteiger partial charge in [-0.2, -0.15) is 0 Å². The second-order valence-electron chi connectivity index (χ2n) is 6.80. The first-order chi connectivity index (χ1) is 12.7. The molecule has 4 amide bonds. The number of halogens is 1. The van der Waals surface area contributed by atoms with Crippen molar-refractivity contribution >= 4 is 35.1 Å². The first kappa shape index (κ1) is 18.9. The summed E-state index contributed by atoms with van der Waals surface area (Å²) in [5.74, 6) is -0.924. The first-order valence-corrected chi connectivity index (χ1v) is 8.86. The Morgan fingerprint density at radius 1 is 1.11 bits per heavy atom. The Morgan fingerprint density at radius 2 is 1.78 bits per heavy atom. The number of carbonyl (C=O) groups is 3. The topological polar surface area (TPSA) is 78.5 Å². The van der Waals surface area contributed by atoms with Crippen molar-refractivity contribution in [3.8, 4) is 0 Å². The van der Waals surface area contributed by atoms with Crippen LogP contribution in [0.15, 0.2) is 42.5 Å². The molecule has 0 aliphatic carbocycles. The van der Waals surface area contributed by atoms with E-state index in [-0.39, 0.29) is 6.54 Å². The zero-order valence-corrected chi connectivity index (χ0v) is 16.1. The van der Waals surface area contributed by atoms with Crippen LogP contribution in [0.4, 0.5) is 10.5 Å². The first-order valence-electron chi connectivity index (χ1n) is 8.48. The molecule has 1 aliphatic heterocycles. The fourth-order valence-corrected chi connectivity index (χ4v) is 3.11. The van der Waals surface area contributed by atoms with Crippen molar-refractivity contribution in [2.24, 2.45) is 0 Å². The van der Waals surface area contributed by atoms with Crippen LogP contribution >= 0.6 is 11.6 Å². The molecule has 2 N–H and O–H groups in total. The molecule has 0 unspecified atom stereocenters. The third-order valence-corrected chi connectivity index (χ3v) is 5.04. The van der Waals surface area contributed by atoms with E-state index in [4.69, 9.17) is 11.6 Å². The SMILES string of the molecule is Cc1ccc(NC(=O)CN2C(=O)N[C@](C)(c3ccc(Cl)cc3)C2=O)cc1C. The monoisotopic (exact) mass is 385 g/mol. The second kappa shape index (κ2) is 7.04. The Balaban J connectivity index is 1.74. The maximum Gasteiger partial charge on any atom is 0.325 e. The minimum atomic E-state index is -1.23. The van der Waals surface area contributed by atoms with Crippen molar-refractivity contribution in [3.05, 3.63) is 64.2 Å². The maximum atomic E-state index is 12.8. The van der Waals surface area contributed by atoms with Crippen molar-refractivity contribution in [1.82, 2.24) is 10.2 Å². The molecule has 0 radical (unpaired) electrons. The van der Waals surface area contributed by atoms with Crippen LogP contribution in [0.1, 0.15) is 23.6 Å². The number of rotatable bonds is 4. The fourth-order valence-electron chi connectivity index (χ4n) is 2.98. The number of imide groups is 1. The summed E-state index contributed by atoms with van der Waals surface area (Å²) >= 11 is 5.89. The Bertz CT molecular complexity index is 927. The van der Waals surface area contributed by atoms with Gasteiger partial charge >= 0.3 is 6.03 Å². The minimum absolute atomic E-state index is 0.360. The van der Waals surface area contributed by atoms with Crippen LogP contribution in [0, 0.1) is 13.8 Å². The number of benzene rings is 2. The molecule has 0 bridgehead atoms. The van der Waals surface area contributed by atoms with E-state index in [1.54, 1.807) is 37.3 Å². The minimum Gasteiger partial charge on any atom is -0.325 e. The molecule has 0 spiro atoms. The molecule has 6 nitrogen and oxygen atoms in total. The van der Waals surface area contributed by atoms with Gasteiger partial charge in [0.25, 0.3) is 5.91 Å². The summed E-state index contributed by atoms with van der Waals surface area (Å²) in [6, 6.07) is 11.6. The second-order valence-corrected chi connectivity index (χ2v) is 7.24. The predicted molar refractivity (Wildman–Crippen MR) is 104 cm³/mol. The van der Waals surface area contributed by atoms with Gasteiger partial charge in [0.1, 0.15) is 12.1 Å². The van der Waals surface area contributed by atoms with Gasteiger partial charge in [-0.05, 0) is 61.7 Å². The lowest BCUT2D eigenvalue weighted by atomic mass is 9.92. The van der Waals surface area contributed by atoms with Gasteiger partial charge in [-0.1, -0.05) is 29.8 Å².